The van der Waals surface area contributed by atoms with Crippen molar-refractivity contribution in [3.05, 3.63) is 96.2 Å². The molecular weight excluding hydrogens is 368 g/mol. The molecule has 0 N–H and O–H groups in total. The zero-order chi connectivity index (χ0) is 19.9. The van der Waals surface area contributed by atoms with Crippen LogP contribution >= 0.6 is 0 Å². The molecule has 7 nitrogen and oxygen atoms in total. The molecule has 29 heavy (non-hydrogen) atoms. The van der Waals surface area contributed by atoms with Crippen LogP contribution in [0.4, 0.5) is 0 Å². The van der Waals surface area contributed by atoms with E-state index < -0.39 is 5.97 Å². The Bertz CT molecular complexity index is 1100. The van der Waals surface area contributed by atoms with Gasteiger partial charge >= 0.3 is 5.97 Å². The fraction of sp³-hybridized carbons (Fsp3) is 0.0909. The van der Waals surface area contributed by atoms with Gasteiger partial charge in [-0.2, -0.15) is 10.1 Å². The summed E-state index contributed by atoms with van der Waals surface area (Å²) in [6.45, 7) is 0.580. The van der Waals surface area contributed by atoms with Gasteiger partial charge in [-0.25, -0.2) is 4.79 Å². The van der Waals surface area contributed by atoms with Crippen LogP contribution in [0.15, 0.2) is 83.7 Å². The van der Waals surface area contributed by atoms with Crippen molar-refractivity contribution < 1.29 is 14.1 Å². The molecule has 0 saturated carbocycles. The highest BCUT2D eigenvalue weighted by atomic mass is 16.6. The quantitative estimate of drug-likeness (QED) is 0.355. The summed E-state index contributed by atoms with van der Waals surface area (Å²) < 4.78 is 12.1. The van der Waals surface area contributed by atoms with Gasteiger partial charge in [0.15, 0.2) is 6.61 Å². The molecule has 4 aromatic rings. The van der Waals surface area contributed by atoms with E-state index in [4.69, 9.17) is 9.26 Å². The second-order valence-corrected chi connectivity index (χ2v) is 6.28. The lowest BCUT2D eigenvalue weighted by Crippen LogP contribution is -2.01. The van der Waals surface area contributed by atoms with E-state index in [2.05, 4.69) is 15.2 Å². The lowest BCUT2D eigenvalue weighted by atomic mass is 10.2. The van der Waals surface area contributed by atoms with Crippen LogP contribution in [0.5, 0.6) is 0 Å². The third-order valence-corrected chi connectivity index (χ3v) is 4.09. The van der Waals surface area contributed by atoms with Crippen molar-refractivity contribution >= 4 is 12.0 Å². The predicted molar refractivity (Wildman–Crippen MR) is 106 cm³/mol. The molecule has 0 spiro atoms. The van der Waals surface area contributed by atoms with E-state index in [1.807, 2.05) is 71.5 Å². The molecule has 0 radical (unpaired) electrons. The Labute approximate surface area is 167 Å². The number of benzene rings is 2. The topological polar surface area (TPSA) is 83.0 Å². The average Bonchev–Trinajstić information content (AvgIpc) is 3.42. The molecule has 0 atom stereocenters. The van der Waals surface area contributed by atoms with Gasteiger partial charge in [-0.05, 0) is 11.6 Å². The maximum Gasteiger partial charge on any atom is 0.331 e. The minimum atomic E-state index is -0.500. The van der Waals surface area contributed by atoms with Crippen molar-refractivity contribution in [2.24, 2.45) is 0 Å². The maximum atomic E-state index is 11.9. The number of aromatic nitrogens is 4. The molecule has 0 amide bonds. The van der Waals surface area contributed by atoms with E-state index in [0.29, 0.717) is 12.4 Å². The largest absolute Gasteiger partial charge is 0.452 e. The van der Waals surface area contributed by atoms with Crippen LogP contribution in [0, 0.1) is 0 Å². The Hall–Kier alpha value is -4.00. The molecule has 2 heterocycles. The number of hydrogen-bond acceptors (Lipinski definition) is 6. The first-order valence-corrected chi connectivity index (χ1v) is 9.05. The number of rotatable bonds is 7. The first-order valence-electron chi connectivity index (χ1n) is 9.05. The number of carbonyl (C=O) groups excluding carboxylic acids is 1. The van der Waals surface area contributed by atoms with Gasteiger partial charge in [0.25, 0.3) is 5.89 Å². The summed E-state index contributed by atoms with van der Waals surface area (Å²) in [6.07, 6.45) is 6.55. The number of hydrogen-bond donors (Lipinski definition) is 0. The van der Waals surface area contributed by atoms with Gasteiger partial charge in [0.1, 0.15) is 0 Å². The summed E-state index contributed by atoms with van der Waals surface area (Å²) in [6, 6.07) is 19.5. The normalized spacial score (nSPS) is 11.0. The summed E-state index contributed by atoms with van der Waals surface area (Å²) >= 11 is 0. The molecule has 7 heteroatoms. The van der Waals surface area contributed by atoms with E-state index in [-0.39, 0.29) is 12.5 Å². The highest BCUT2D eigenvalue weighted by Crippen LogP contribution is 2.15. The summed E-state index contributed by atoms with van der Waals surface area (Å²) in [7, 11) is 0. The zero-order valence-electron chi connectivity index (χ0n) is 15.5. The summed E-state index contributed by atoms with van der Waals surface area (Å²) in [5.74, 6) is 0.194. The van der Waals surface area contributed by atoms with Crippen LogP contribution in [-0.4, -0.2) is 25.9 Å². The number of esters is 1. The lowest BCUT2D eigenvalue weighted by Gasteiger charge is -2.00. The molecule has 0 bridgehead atoms. The number of nitrogens with zero attached hydrogens (tertiary/aromatic N) is 4. The Kier molecular flexibility index (Phi) is 5.57. The summed E-state index contributed by atoms with van der Waals surface area (Å²) in [5, 5.41) is 8.18. The van der Waals surface area contributed by atoms with Crippen molar-refractivity contribution in [3.63, 3.8) is 0 Å². The van der Waals surface area contributed by atoms with Gasteiger partial charge in [0.05, 0.1) is 12.7 Å². The maximum absolute atomic E-state index is 11.9. The number of carbonyl (C=O) groups is 1. The smallest absolute Gasteiger partial charge is 0.331 e. The van der Waals surface area contributed by atoms with Gasteiger partial charge < -0.3 is 9.26 Å². The standard InChI is InChI=1S/C22H18N4O3/c27-21(28-16-20-24-22(25-29-20)19-9-5-2-6-10-19)12-11-18-13-23-26(15-18)14-17-7-3-1-4-8-17/h1-13,15H,14,16H2/b12-11+. The molecule has 0 fully saturated rings. The monoisotopic (exact) mass is 386 g/mol. The fourth-order valence-corrected chi connectivity index (χ4v) is 2.69. The van der Waals surface area contributed by atoms with E-state index in [9.17, 15) is 4.79 Å². The van der Waals surface area contributed by atoms with Crippen LogP contribution in [0.2, 0.25) is 0 Å². The zero-order valence-corrected chi connectivity index (χ0v) is 15.5. The molecule has 0 aliphatic heterocycles. The van der Waals surface area contributed by atoms with Crippen molar-refractivity contribution in [2.45, 2.75) is 13.2 Å². The van der Waals surface area contributed by atoms with Crippen molar-refractivity contribution in [1.82, 2.24) is 19.9 Å². The highest BCUT2D eigenvalue weighted by Gasteiger charge is 2.09. The van der Waals surface area contributed by atoms with E-state index in [1.54, 1.807) is 12.3 Å². The Morgan fingerprint density at radius 2 is 1.83 bits per heavy atom. The highest BCUT2D eigenvalue weighted by molar-refractivity contribution is 5.86. The van der Waals surface area contributed by atoms with Crippen molar-refractivity contribution in [3.8, 4) is 11.4 Å². The van der Waals surface area contributed by atoms with Gasteiger partial charge in [-0.15, -0.1) is 0 Å². The minimum Gasteiger partial charge on any atom is -0.452 e. The van der Waals surface area contributed by atoms with Gasteiger partial charge in [0, 0.05) is 23.4 Å². The van der Waals surface area contributed by atoms with Gasteiger partial charge in [-0.1, -0.05) is 65.8 Å². The van der Waals surface area contributed by atoms with E-state index in [1.165, 1.54) is 6.08 Å². The Balaban J connectivity index is 1.29. The minimum absolute atomic E-state index is 0.0870. The Morgan fingerprint density at radius 1 is 1.07 bits per heavy atom. The van der Waals surface area contributed by atoms with Crippen molar-refractivity contribution in [1.29, 1.82) is 0 Å². The Morgan fingerprint density at radius 3 is 2.62 bits per heavy atom. The lowest BCUT2D eigenvalue weighted by molar-refractivity contribution is -0.139. The van der Waals surface area contributed by atoms with Gasteiger partial charge in [0.2, 0.25) is 5.82 Å². The summed E-state index contributed by atoms with van der Waals surface area (Å²) in [4.78, 5) is 16.2. The molecular formula is C22H18N4O3. The first-order chi connectivity index (χ1) is 14.3. The average molecular weight is 386 g/mol. The first kappa shape index (κ1) is 18.4. The van der Waals surface area contributed by atoms with Crippen molar-refractivity contribution in [2.75, 3.05) is 0 Å². The SMILES string of the molecule is O=C(/C=C/c1cnn(Cc2ccccc2)c1)OCc1nc(-c2ccccc2)no1. The van der Waals surface area contributed by atoms with Crippen LogP contribution in [0.1, 0.15) is 17.0 Å². The second kappa shape index (κ2) is 8.79. The molecule has 2 aromatic carbocycles. The molecule has 0 saturated heterocycles. The van der Waals surface area contributed by atoms with E-state index >= 15 is 0 Å². The molecule has 144 valence electrons. The predicted octanol–water partition coefficient (Wildman–Crippen LogP) is 3.74. The molecule has 0 unspecified atom stereocenters. The number of ether oxygens (including phenoxy) is 1. The van der Waals surface area contributed by atoms with Gasteiger partial charge in [-0.3, -0.25) is 4.68 Å². The third-order valence-electron chi connectivity index (χ3n) is 4.09. The van der Waals surface area contributed by atoms with Crippen LogP contribution in [0.3, 0.4) is 0 Å². The van der Waals surface area contributed by atoms with E-state index in [0.717, 1.165) is 16.7 Å². The van der Waals surface area contributed by atoms with Crippen LogP contribution in [0.25, 0.3) is 17.5 Å². The van der Waals surface area contributed by atoms with Crippen LogP contribution in [-0.2, 0) is 22.7 Å². The summed E-state index contributed by atoms with van der Waals surface area (Å²) in [5.41, 5.74) is 2.79. The van der Waals surface area contributed by atoms with Crippen LogP contribution < -0.4 is 0 Å². The molecule has 2 aromatic heterocycles. The molecule has 0 aliphatic carbocycles. The molecule has 0 aliphatic rings. The second-order valence-electron chi connectivity index (χ2n) is 6.28. The third kappa shape index (κ3) is 5.04. The fourth-order valence-electron chi connectivity index (χ4n) is 2.69. The molecule has 4 rings (SSSR count).